The van der Waals surface area contributed by atoms with Crippen LogP contribution in [0.25, 0.3) is 0 Å². The Morgan fingerprint density at radius 2 is 2.25 bits per heavy atom. The lowest BCUT2D eigenvalue weighted by atomic mass is 9.96. The molecule has 0 unspecified atom stereocenters. The lowest BCUT2D eigenvalue weighted by molar-refractivity contribution is -0.151. The summed E-state index contributed by atoms with van der Waals surface area (Å²) >= 11 is 0. The zero-order valence-electron chi connectivity index (χ0n) is 10.6. The molecule has 0 aromatic rings. The predicted molar refractivity (Wildman–Crippen MR) is 62.3 cm³/mol. The van der Waals surface area contributed by atoms with E-state index in [-0.39, 0.29) is 12.1 Å². The maximum atomic E-state index is 10.9. The summed E-state index contributed by atoms with van der Waals surface area (Å²) in [6.07, 6.45) is 1.04. The molecule has 0 spiro atoms. The van der Waals surface area contributed by atoms with Crippen LogP contribution in [0.4, 0.5) is 0 Å². The van der Waals surface area contributed by atoms with Crippen molar-refractivity contribution in [2.75, 3.05) is 32.8 Å². The second kappa shape index (κ2) is 6.86. The van der Waals surface area contributed by atoms with E-state index in [0.29, 0.717) is 5.92 Å². The van der Waals surface area contributed by atoms with Crippen molar-refractivity contribution in [1.29, 1.82) is 0 Å². The fourth-order valence-corrected chi connectivity index (χ4v) is 2.14. The SMILES string of the molecule is CCOCCN1CC[C@@H](OC(C)=O)[C@@H](C)C1. The van der Waals surface area contributed by atoms with Crippen LogP contribution < -0.4 is 0 Å². The number of rotatable bonds is 5. The van der Waals surface area contributed by atoms with Crippen LogP contribution >= 0.6 is 0 Å². The van der Waals surface area contributed by atoms with E-state index in [1.165, 1.54) is 6.92 Å². The highest BCUT2D eigenvalue weighted by Gasteiger charge is 2.27. The van der Waals surface area contributed by atoms with Gasteiger partial charge in [-0.1, -0.05) is 6.92 Å². The topological polar surface area (TPSA) is 38.8 Å². The van der Waals surface area contributed by atoms with Gasteiger partial charge in [-0.05, 0) is 13.3 Å². The molecule has 94 valence electrons. The van der Waals surface area contributed by atoms with Gasteiger partial charge in [0.25, 0.3) is 0 Å². The zero-order chi connectivity index (χ0) is 12.0. The van der Waals surface area contributed by atoms with Crippen molar-refractivity contribution in [3.05, 3.63) is 0 Å². The van der Waals surface area contributed by atoms with Crippen molar-refractivity contribution in [3.63, 3.8) is 0 Å². The van der Waals surface area contributed by atoms with Crippen molar-refractivity contribution >= 4 is 5.97 Å². The number of piperidine rings is 1. The molecule has 1 saturated heterocycles. The molecule has 1 rings (SSSR count). The summed E-state index contributed by atoms with van der Waals surface area (Å²) < 4.78 is 10.6. The van der Waals surface area contributed by atoms with Crippen LogP contribution in [0.2, 0.25) is 0 Å². The summed E-state index contributed by atoms with van der Waals surface area (Å²) in [5, 5.41) is 0. The van der Waals surface area contributed by atoms with Crippen molar-refractivity contribution in [2.24, 2.45) is 5.92 Å². The molecule has 0 amide bonds. The van der Waals surface area contributed by atoms with Crippen molar-refractivity contribution in [2.45, 2.75) is 33.3 Å². The minimum atomic E-state index is -0.167. The average Bonchev–Trinajstić information content (AvgIpc) is 2.22. The Bertz CT molecular complexity index is 220. The number of nitrogens with zero attached hydrogens (tertiary/aromatic N) is 1. The molecule has 0 aromatic heterocycles. The summed E-state index contributed by atoms with van der Waals surface area (Å²) in [5.41, 5.74) is 0. The van der Waals surface area contributed by atoms with Gasteiger partial charge >= 0.3 is 5.97 Å². The number of hydrogen-bond acceptors (Lipinski definition) is 4. The Labute approximate surface area is 97.9 Å². The molecular weight excluding hydrogens is 206 g/mol. The smallest absolute Gasteiger partial charge is 0.302 e. The van der Waals surface area contributed by atoms with Gasteiger partial charge in [-0.2, -0.15) is 0 Å². The molecule has 0 radical (unpaired) electrons. The lowest BCUT2D eigenvalue weighted by Crippen LogP contribution is -2.44. The first-order valence-electron chi connectivity index (χ1n) is 6.10. The first kappa shape index (κ1) is 13.5. The summed E-state index contributed by atoms with van der Waals surface area (Å²) in [6.45, 7) is 10.2. The van der Waals surface area contributed by atoms with E-state index in [0.717, 1.165) is 39.3 Å². The molecule has 4 nitrogen and oxygen atoms in total. The zero-order valence-corrected chi connectivity index (χ0v) is 10.6. The van der Waals surface area contributed by atoms with Gasteiger partial charge in [-0.3, -0.25) is 4.79 Å². The van der Waals surface area contributed by atoms with Gasteiger partial charge in [-0.15, -0.1) is 0 Å². The van der Waals surface area contributed by atoms with Gasteiger partial charge in [0.15, 0.2) is 0 Å². The molecule has 16 heavy (non-hydrogen) atoms. The minimum Gasteiger partial charge on any atom is -0.462 e. The van der Waals surface area contributed by atoms with E-state index in [4.69, 9.17) is 9.47 Å². The Balaban J connectivity index is 2.25. The van der Waals surface area contributed by atoms with Crippen LogP contribution in [0.15, 0.2) is 0 Å². The number of likely N-dealkylation sites (tertiary alicyclic amines) is 1. The fourth-order valence-electron chi connectivity index (χ4n) is 2.14. The minimum absolute atomic E-state index is 0.0980. The third kappa shape index (κ3) is 4.49. The highest BCUT2D eigenvalue weighted by Crippen LogP contribution is 2.19. The van der Waals surface area contributed by atoms with Crippen LogP contribution in [0.1, 0.15) is 27.2 Å². The van der Waals surface area contributed by atoms with E-state index in [1.54, 1.807) is 0 Å². The third-order valence-electron chi connectivity index (χ3n) is 2.98. The van der Waals surface area contributed by atoms with Crippen molar-refractivity contribution in [3.8, 4) is 0 Å². The second-order valence-corrected chi connectivity index (χ2v) is 4.41. The number of ether oxygens (including phenoxy) is 2. The normalized spacial score (nSPS) is 26.7. The highest BCUT2D eigenvalue weighted by molar-refractivity contribution is 5.66. The van der Waals surface area contributed by atoms with Crippen molar-refractivity contribution < 1.29 is 14.3 Å². The number of esters is 1. The van der Waals surface area contributed by atoms with Gasteiger partial charge in [-0.25, -0.2) is 0 Å². The quantitative estimate of drug-likeness (QED) is 0.526. The number of hydrogen-bond donors (Lipinski definition) is 0. The maximum absolute atomic E-state index is 10.9. The van der Waals surface area contributed by atoms with E-state index >= 15 is 0 Å². The molecule has 1 aliphatic heterocycles. The van der Waals surface area contributed by atoms with Gasteiger partial charge in [0.2, 0.25) is 0 Å². The molecule has 0 N–H and O–H groups in total. The van der Waals surface area contributed by atoms with E-state index in [1.807, 2.05) is 6.92 Å². The Kier molecular flexibility index (Phi) is 5.77. The fraction of sp³-hybridized carbons (Fsp3) is 0.917. The molecule has 1 heterocycles. The maximum Gasteiger partial charge on any atom is 0.302 e. The van der Waals surface area contributed by atoms with E-state index in [2.05, 4.69) is 11.8 Å². The molecule has 4 heteroatoms. The number of carbonyl (C=O) groups excluding carboxylic acids is 1. The first-order chi connectivity index (χ1) is 7.63. The lowest BCUT2D eigenvalue weighted by Gasteiger charge is -2.36. The Hall–Kier alpha value is -0.610. The Morgan fingerprint density at radius 3 is 2.81 bits per heavy atom. The summed E-state index contributed by atoms with van der Waals surface area (Å²) in [4.78, 5) is 13.3. The highest BCUT2D eigenvalue weighted by atomic mass is 16.5. The molecule has 0 bridgehead atoms. The molecule has 0 aliphatic carbocycles. The van der Waals surface area contributed by atoms with Gasteiger partial charge < -0.3 is 14.4 Å². The van der Waals surface area contributed by atoms with Gasteiger partial charge in [0.1, 0.15) is 6.10 Å². The van der Waals surface area contributed by atoms with Crippen LogP contribution in [0.5, 0.6) is 0 Å². The molecule has 1 fully saturated rings. The number of carbonyl (C=O) groups is 1. The van der Waals surface area contributed by atoms with Crippen LogP contribution in [0.3, 0.4) is 0 Å². The van der Waals surface area contributed by atoms with Gasteiger partial charge in [0, 0.05) is 39.1 Å². The average molecular weight is 229 g/mol. The first-order valence-corrected chi connectivity index (χ1v) is 6.10. The summed E-state index contributed by atoms with van der Waals surface area (Å²) in [6, 6.07) is 0. The molecule has 0 saturated carbocycles. The van der Waals surface area contributed by atoms with Crippen LogP contribution in [-0.2, 0) is 14.3 Å². The van der Waals surface area contributed by atoms with E-state index < -0.39 is 0 Å². The molecule has 2 atom stereocenters. The predicted octanol–water partition coefficient (Wildman–Crippen LogP) is 1.30. The standard InChI is InChI=1S/C12H23NO3/c1-4-15-8-7-13-6-5-12(10(2)9-13)16-11(3)14/h10,12H,4-9H2,1-3H3/t10-,12+/m0/s1. The monoisotopic (exact) mass is 229 g/mol. The molecular formula is C12H23NO3. The summed E-state index contributed by atoms with van der Waals surface area (Å²) in [5.74, 6) is 0.249. The van der Waals surface area contributed by atoms with Gasteiger partial charge in [0.05, 0.1) is 6.61 Å². The van der Waals surface area contributed by atoms with Crippen LogP contribution in [0, 0.1) is 5.92 Å². The second-order valence-electron chi connectivity index (χ2n) is 4.41. The summed E-state index contributed by atoms with van der Waals surface area (Å²) in [7, 11) is 0. The van der Waals surface area contributed by atoms with E-state index in [9.17, 15) is 4.79 Å². The van der Waals surface area contributed by atoms with Crippen molar-refractivity contribution in [1.82, 2.24) is 4.90 Å². The largest absolute Gasteiger partial charge is 0.462 e. The Morgan fingerprint density at radius 1 is 1.50 bits per heavy atom. The van der Waals surface area contributed by atoms with Crippen LogP contribution in [-0.4, -0.2) is 49.8 Å². The third-order valence-corrected chi connectivity index (χ3v) is 2.98. The molecule has 0 aromatic carbocycles. The molecule has 1 aliphatic rings.